The smallest absolute Gasteiger partial charge is 0.254 e. The molecule has 0 saturated heterocycles. The van der Waals surface area contributed by atoms with Crippen molar-refractivity contribution in [3.8, 4) is 5.75 Å². The molecule has 110 valence electrons. The Labute approximate surface area is 121 Å². The number of halogens is 2. The third-order valence-electron chi connectivity index (χ3n) is 3.14. The van der Waals surface area contributed by atoms with Crippen LogP contribution in [0.25, 0.3) is 0 Å². The molecular weight excluding hydrogens is 276 g/mol. The van der Waals surface area contributed by atoms with Gasteiger partial charge in [-0.2, -0.15) is 0 Å². The Hall–Kier alpha value is -2.43. The molecule has 1 amide bonds. The summed E-state index contributed by atoms with van der Waals surface area (Å²) in [7, 11) is 1.57. The van der Waals surface area contributed by atoms with Crippen molar-refractivity contribution in [1.82, 2.24) is 5.32 Å². The van der Waals surface area contributed by atoms with E-state index in [0.29, 0.717) is 11.8 Å². The molecule has 0 unspecified atom stereocenters. The van der Waals surface area contributed by atoms with Crippen LogP contribution in [0.4, 0.5) is 8.78 Å². The van der Waals surface area contributed by atoms with Crippen molar-refractivity contribution in [2.75, 3.05) is 7.11 Å². The summed E-state index contributed by atoms with van der Waals surface area (Å²) in [6.07, 6.45) is 0. The molecule has 21 heavy (non-hydrogen) atoms. The van der Waals surface area contributed by atoms with Gasteiger partial charge in [0.25, 0.3) is 5.91 Å². The summed E-state index contributed by atoms with van der Waals surface area (Å²) in [5.74, 6) is -1.47. The fourth-order valence-electron chi connectivity index (χ4n) is 1.92. The van der Waals surface area contributed by atoms with Gasteiger partial charge in [0.05, 0.1) is 18.7 Å². The van der Waals surface area contributed by atoms with E-state index in [1.807, 2.05) is 12.1 Å². The Morgan fingerprint density at radius 1 is 1.14 bits per heavy atom. The molecule has 1 N–H and O–H groups in total. The van der Waals surface area contributed by atoms with Gasteiger partial charge in [-0.3, -0.25) is 4.79 Å². The summed E-state index contributed by atoms with van der Waals surface area (Å²) in [5.41, 5.74) is 0.670. The zero-order valence-electron chi connectivity index (χ0n) is 11.7. The highest BCUT2D eigenvalue weighted by atomic mass is 19.1. The van der Waals surface area contributed by atoms with E-state index in [-0.39, 0.29) is 11.6 Å². The Balaban J connectivity index is 2.10. The summed E-state index contributed by atoms with van der Waals surface area (Å²) in [5, 5.41) is 2.67. The number of benzene rings is 2. The van der Waals surface area contributed by atoms with Crippen molar-refractivity contribution in [2.24, 2.45) is 0 Å². The van der Waals surface area contributed by atoms with Gasteiger partial charge < -0.3 is 10.1 Å². The maximum atomic E-state index is 13.5. The fourth-order valence-corrected chi connectivity index (χ4v) is 1.92. The molecule has 2 aromatic carbocycles. The summed E-state index contributed by atoms with van der Waals surface area (Å²) < 4.78 is 31.4. The highest BCUT2D eigenvalue weighted by Crippen LogP contribution is 2.18. The van der Waals surface area contributed by atoms with E-state index in [1.165, 1.54) is 0 Å². The van der Waals surface area contributed by atoms with Crippen molar-refractivity contribution in [3.63, 3.8) is 0 Å². The quantitative estimate of drug-likeness (QED) is 0.936. The number of carbonyl (C=O) groups excluding carboxylic acids is 1. The third-order valence-corrected chi connectivity index (χ3v) is 3.14. The number of methoxy groups -OCH3 is 1. The van der Waals surface area contributed by atoms with Crippen LogP contribution in [0, 0.1) is 11.6 Å². The Kier molecular flexibility index (Phi) is 4.52. The number of rotatable bonds is 4. The van der Waals surface area contributed by atoms with Gasteiger partial charge in [-0.05, 0) is 36.8 Å². The number of hydrogen-bond donors (Lipinski definition) is 1. The normalized spacial score (nSPS) is 11.8. The van der Waals surface area contributed by atoms with Crippen LogP contribution in [-0.4, -0.2) is 13.0 Å². The van der Waals surface area contributed by atoms with Crippen molar-refractivity contribution in [1.29, 1.82) is 0 Å². The molecule has 0 radical (unpaired) electrons. The fraction of sp³-hybridized carbons (Fsp3) is 0.188. The van der Waals surface area contributed by atoms with Crippen LogP contribution in [0.15, 0.2) is 42.5 Å². The molecule has 0 spiro atoms. The van der Waals surface area contributed by atoms with Crippen molar-refractivity contribution in [2.45, 2.75) is 13.0 Å². The lowest BCUT2D eigenvalue weighted by atomic mass is 10.1. The van der Waals surface area contributed by atoms with Crippen LogP contribution < -0.4 is 10.1 Å². The SMILES string of the molecule is COc1ccc([C@@H](C)NC(=O)c2ccc(F)cc2F)cc1. The first kappa shape index (κ1) is 15.0. The highest BCUT2D eigenvalue weighted by molar-refractivity contribution is 5.94. The van der Waals surface area contributed by atoms with Crippen molar-refractivity contribution >= 4 is 5.91 Å². The zero-order chi connectivity index (χ0) is 15.4. The third kappa shape index (κ3) is 3.56. The van der Waals surface area contributed by atoms with E-state index in [1.54, 1.807) is 26.2 Å². The minimum Gasteiger partial charge on any atom is -0.497 e. The molecule has 3 nitrogen and oxygen atoms in total. The van der Waals surface area contributed by atoms with E-state index < -0.39 is 17.5 Å². The zero-order valence-corrected chi connectivity index (χ0v) is 11.7. The first-order valence-electron chi connectivity index (χ1n) is 6.41. The van der Waals surface area contributed by atoms with Gasteiger partial charge in [-0.1, -0.05) is 12.1 Å². The number of carbonyl (C=O) groups is 1. The van der Waals surface area contributed by atoms with Crippen LogP contribution >= 0.6 is 0 Å². The Morgan fingerprint density at radius 3 is 2.38 bits per heavy atom. The van der Waals surface area contributed by atoms with Crippen LogP contribution in [0.5, 0.6) is 5.75 Å². The average Bonchev–Trinajstić information content (AvgIpc) is 2.47. The van der Waals surface area contributed by atoms with Gasteiger partial charge in [0, 0.05) is 6.07 Å². The van der Waals surface area contributed by atoms with E-state index in [0.717, 1.165) is 17.7 Å². The number of amides is 1. The standard InChI is InChI=1S/C16H15F2NO2/c1-10(11-3-6-13(21-2)7-4-11)19-16(20)14-8-5-12(17)9-15(14)18/h3-10H,1-2H3,(H,19,20)/t10-/m1/s1. The van der Waals surface area contributed by atoms with Gasteiger partial charge in [-0.15, -0.1) is 0 Å². The van der Waals surface area contributed by atoms with Crippen LogP contribution in [-0.2, 0) is 0 Å². The summed E-state index contributed by atoms with van der Waals surface area (Å²) in [4.78, 5) is 12.0. The number of ether oxygens (including phenoxy) is 1. The second-order valence-corrected chi connectivity index (χ2v) is 4.59. The van der Waals surface area contributed by atoms with Gasteiger partial charge in [0.1, 0.15) is 17.4 Å². The maximum Gasteiger partial charge on any atom is 0.254 e. The molecule has 1 atom stereocenters. The molecule has 0 heterocycles. The van der Waals surface area contributed by atoms with E-state index in [4.69, 9.17) is 4.74 Å². The second kappa shape index (κ2) is 6.35. The molecule has 2 rings (SSSR count). The molecule has 0 aliphatic rings. The van der Waals surface area contributed by atoms with Crippen LogP contribution in [0.2, 0.25) is 0 Å². The molecule has 5 heteroatoms. The van der Waals surface area contributed by atoms with E-state index >= 15 is 0 Å². The molecule has 0 aliphatic heterocycles. The first-order valence-corrected chi connectivity index (χ1v) is 6.41. The molecular formula is C16H15F2NO2. The predicted octanol–water partition coefficient (Wildman–Crippen LogP) is 3.46. The summed E-state index contributed by atoms with van der Waals surface area (Å²) in [6, 6.07) is 9.72. The monoisotopic (exact) mass is 291 g/mol. The Bertz CT molecular complexity index is 641. The largest absolute Gasteiger partial charge is 0.497 e. The van der Waals surface area contributed by atoms with Gasteiger partial charge in [0.15, 0.2) is 0 Å². The molecule has 0 bridgehead atoms. The number of nitrogens with one attached hydrogen (secondary N) is 1. The van der Waals surface area contributed by atoms with Crippen LogP contribution in [0.3, 0.4) is 0 Å². The van der Waals surface area contributed by atoms with E-state index in [2.05, 4.69) is 5.32 Å². The van der Waals surface area contributed by atoms with Crippen LogP contribution in [0.1, 0.15) is 28.9 Å². The van der Waals surface area contributed by atoms with Crippen molar-refractivity contribution < 1.29 is 18.3 Å². The molecule has 0 aromatic heterocycles. The summed E-state index contributed by atoms with van der Waals surface area (Å²) >= 11 is 0. The summed E-state index contributed by atoms with van der Waals surface area (Å²) in [6.45, 7) is 1.78. The lowest BCUT2D eigenvalue weighted by molar-refractivity contribution is 0.0935. The Morgan fingerprint density at radius 2 is 1.81 bits per heavy atom. The van der Waals surface area contributed by atoms with Gasteiger partial charge in [0.2, 0.25) is 0 Å². The van der Waals surface area contributed by atoms with Gasteiger partial charge in [-0.25, -0.2) is 8.78 Å². The molecule has 0 aliphatic carbocycles. The minimum absolute atomic E-state index is 0.184. The highest BCUT2D eigenvalue weighted by Gasteiger charge is 2.15. The maximum absolute atomic E-state index is 13.5. The van der Waals surface area contributed by atoms with Gasteiger partial charge >= 0.3 is 0 Å². The molecule has 2 aromatic rings. The van der Waals surface area contributed by atoms with Crippen molar-refractivity contribution in [3.05, 3.63) is 65.2 Å². The second-order valence-electron chi connectivity index (χ2n) is 4.59. The minimum atomic E-state index is -0.880. The number of hydrogen-bond acceptors (Lipinski definition) is 2. The first-order chi connectivity index (χ1) is 10.0. The molecule has 0 fully saturated rings. The predicted molar refractivity (Wildman–Crippen MR) is 75.2 cm³/mol. The lowest BCUT2D eigenvalue weighted by Crippen LogP contribution is -2.27. The topological polar surface area (TPSA) is 38.3 Å². The average molecular weight is 291 g/mol. The lowest BCUT2D eigenvalue weighted by Gasteiger charge is -2.15. The van der Waals surface area contributed by atoms with E-state index in [9.17, 15) is 13.6 Å². The molecule has 0 saturated carbocycles.